The van der Waals surface area contributed by atoms with E-state index in [1.807, 2.05) is 0 Å². The zero-order chi connectivity index (χ0) is 17.9. The van der Waals surface area contributed by atoms with Crippen LogP contribution >= 0.6 is 0 Å². The Morgan fingerprint density at radius 1 is 1.12 bits per heavy atom. The molecule has 1 fully saturated rings. The SMILES string of the molecule is CCCC(CCC)C(CC)=NC1CCCC=NN1CNC1CCCC1. The Morgan fingerprint density at radius 2 is 1.84 bits per heavy atom. The predicted octanol–water partition coefficient (Wildman–Crippen LogP) is 5.34. The number of aliphatic imine (C=N–C) groups is 1. The minimum absolute atomic E-state index is 0.221. The number of hydrogen-bond acceptors (Lipinski definition) is 4. The average molecular weight is 349 g/mol. The zero-order valence-electron chi connectivity index (χ0n) is 16.8. The smallest absolute Gasteiger partial charge is 0.138 e. The van der Waals surface area contributed by atoms with Crippen molar-refractivity contribution in [2.45, 2.75) is 110 Å². The molecule has 144 valence electrons. The van der Waals surface area contributed by atoms with Crippen LogP contribution in [-0.2, 0) is 0 Å². The second-order valence-corrected chi connectivity index (χ2v) is 7.74. The van der Waals surface area contributed by atoms with Gasteiger partial charge in [-0.25, -0.2) is 0 Å². The van der Waals surface area contributed by atoms with Gasteiger partial charge in [0, 0.05) is 18.0 Å². The first kappa shape index (κ1) is 20.4. The van der Waals surface area contributed by atoms with Crippen LogP contribution in [0, 0.1) is 5.92 Å². The van der Waals surface area contributed by atoms with Crippen LogP contribution in [0.3, 0.4) is 0 Å². The number of nitrogens with one attached hydrogen (secondary N) is 1. The van der Waals surface area contributed by atoms with Crippen molar-refractivity contribution in [1.29, 1.82) is 0 Å². The highest BCUT2D eigenvalue weighted by Gasteiger charge is 2.22. The molecule has 4 nitrogen and oxygen atoms in total. The van der Waals surface area contributed by atoms with Gasteiger partial charge in [0.1, 0.15) is 6.17 Å². The molecule has 1 heterocycles. The lowest BCUT2D eigenvalue weighted by atomic mass is 9.91. The summed E-state index contributed by atoms with van der Waals surface area (Å²) in [5, 5.41) is 10.7. The van der Waals surface area contributed by atoms with Crippen LogP contribution in [-0.4, -0.2) is 35.8 Å². The van der Waals surface area contributed by atoms with E-state index in [2.05, 4.69) is 37.3 Å². The van der Waals surface area contributed by atoms with E-state index in [0.29, 0.717) is 12.0 Å². The van der Waals surface area contributed by atoms with Crippen molar-refractivity contribution in [3.63, 3.8) is 0 Å². The molecule has 0 aromatic rings. The van der Waals surface area contributed by atoms with E-state index in [9.17, 15) is 0 Å². The van der Waals surface area contributed by atoms with Gasteiger partial charge in [-0.2, -0.15) is 5.10 Å². The first-order chi connectivity index (χ1) is 12.3. The fourth-order valence-corrected chi connectivity index (χ4v) is 4.26. The van der Waals surface area contributed by atoms with E-state index in [1.54, 1.807) is 0 Å². The Hall–Kier alpha value is -0.900. The number of rotatable bonds is 10. The first-order valence-electron chi connectivity index (χ1n) is 10.9. The summed E-state index contributed by atoms with van der Waals surface area (Å²) >= 11 is 0. The van der Waals surface area contributed by atoms with Crippen LogP contribution < -0.4 is 5.32 Å². The molecular formula is C21H40N4. The largest absolute Gasteiger partial charge is 0.296 e. The molecule has 2 aliphatic rings. The van der Waals surface area contributed by atoms with Crippen LogP contribution in [0.4, 0.5) is 0 Å². The molecule has 0 bridgehead atoms. The highest BCUT2D eigenvalue weighted by atomic mass is 15.5. The summed E-state index contributed by atoms with van der Waals surface area (Å²) in [6, 6.07) is 0.682. The Labute approximate surface area is 155 Å². The van der Waals surface area contributed by atoms with Gasteiger partial charge in [-0.1, -0.05) is 46.5 Å². The van der Waals surface area contributed by atoms with E-state index in [1.165, 1.54) is 63.5 Å². The van der Waals surface area contributed by atoms with Crippen molar-refractivity contribution < 1.29 is 0 Å². The van der Waals surface area contributed by atoms with Gasteiger partial charge in [0.2, 0.25) is 0 Å². The summed E-state index contributed by atoms with van der Waals surface area (Å²) in [4.78, 5) is 5.27. The third-order valence-electron chi connectivity index (χ3n) is 5.69. The molecule has 1 atom stereocenters. The maximum atomic E-state index is 5.27. The molecule has 0 aromatic carbocycles. The standard InChI is InChI=1S/C21H40N4/c1-4-11-18(12-5-2)20(6-3)24-21-15-9-10-16-23-25(21)17-22-19-13-7-8-14-19/h16,18-19,21-22H,4-15,17H2,1-3H3. The summed E-state index contributed by atoms with van der Waals surface area (Å²) < 4.78 is 0. The molecule has 1 N–H and O–H groups in total. The molecule has 1 unspecified atom stereocenters. The number of nitrogens with zero attached hydrogens (tertiary/aromatic N) is 3. The lowest BCUT2D eigenvalue weighted by Crippen LogP contribution is -2.41. The summed E-state index contributed by atoms with van der Waals surface area (Å²) in [5.41, 5.74) is 1.43. The molecule has 0 radical (unpaired) electrons. The molecule has 25 heavy (non-hydrogen) atoms. The van der Waals surface area contributed by atoms with E-state index in [4.69, 9.17) is 10.1 Å². The lowest BCUT2D eigenvalue weighted by Gasteiger charge is -2.29. The third-order valence-corrected chi connectivity index (χ3v) is 5.69. The topological polar surface area (TPSA) is 40.0 Å². The summed E-state index contributed by atoms with van der Waals surface area (Å²) in [5.74, 6) is 0.664. The first-order valence-corrected chi connectivity index (χ1v) is 10.9. The van der Waals surface area contributed by atoms with E-state index >= 15 is 0 Å². The molecule has 0 aromatic heterocycles. The van der Waals surface area contributed by atoms with Gasteiger partial charge in [-0.3, -0.25) is 15.3 Å². The van der Waals surface area contributed by atoms with Crippen LogP contribution in [0.15, 0.2) is 10.1 Å². The van der Waals surface area contributed by atoms with Crippen LogP contribution in [0.5, 0.6) is 0 Å². The predicted molar refractivity (Wildman–Crippen MR) is 109 cm³/mol. The minimum Gasteiger partial charge on any atom is -0.296 e. The molecule has 0 amide bonds. The van der Waals surface area contributed by atoms with E-state index in [0.717, 1.165) is 25.9 Å². The van der Waals surface area contributed by atoms with Gasteiger partial charge < -0.3 is 0 Å². The fraction of sp³-hybridized carbons (Fsp3) is 0.905. The zero-order valence-corrected chi connectivity index (χ0v) is 16.8. The highest BCUT2D eigenvalue weighted by molar-refractivity contribution is 5.86. The van der Waals surface area contributed by atoms with Crippen molar-refractivity contribution in [3.8, 4) is 0 Å². The minimum atomic E-state index is 0.221. The molecule has 2 rings (SSSR count). The van der Waals surface area contributed by atoms with Gasteiger partial charge in [0.25, 0.3) is 0 Å². The monoisotopic (exact) mass is 348 g/mol. The number of hydrazone groups is 1. The quantitative estimate of drug-likeness (QED) is 0.541. The summed E-state index contributed by atoms with van der Waals surface area (Å²) in [7, 11) is 0. The van der Waals surface area contributed by atoms with Gasteiger partial charge in [-0.05, 0) is 57.3 Å². The Balaban J connectivity index is 2.05. The van der Waals surface area contributed by atoms with E-state index < -0.39 is 0 Å². The third kappa shape index (κ3) is 6.73. The molecule has 4 heteroatoms. The van der Waals surface area contributed by atoms with E-state index in [-0.39, 0.29) is 6.17 Å². The second kappa shape index (κ2) is 11.7. The Morgan fingerprint density at radius 3 is 2.48 bits per heavy atom. The van der Waals surface area contributed by atoms with Crippen molar-refractivity contribution in [2.75, 3.05) is 6.67 Å². The van der Waals surface area contributed by atoms with Crippen LogP contribution in [0.1, 0.15) is 97.8 Å². The summed E-state index contributed by atoms with van der Waals surface area (Å²) in [6.07, 6.45) is 17.2. The van der Waals surface area contributed by atoms with Gasteiger partial charge in [-0.15, -0.1) is 0 Å². The molecular weight excluding hydrogens is 308 g/mol. The Kier molecular flexibility index (Phi) is 9.52. The van der Waals surface area contributed by atoms with Crippen molar-refractivity contribution in [1.82, 2.24) is 10.3 Å². The molecule has 0 spiro atoms. The van der Waals surface area contributed by atoms with Crippen molar-refractivity contribution in [3.05, 3.63) is 0 Å². The van der Waals surface area contributed by atoms with Crippen molar-refractivity contribution in [2.24, 2.45) is 16.0 Å². The van der Waals surface area contributed by atoms with Crippen LogP contribution in [0.25, 0.3) is 0 Å². The number of hydrogen-bond donors (Lipinski definition) is 1. The highest BCUT2D eigenvalue weighted by Crippen LogP contribution is 2.22. The molecule has 1 aliphatic heterocycles. The molecule has 0 saturated heterocycles. The normalized spacial score (nSPS) is 22.8. The molecule has 1 saturated carbocycles. The van der Waals surface area contributed by atoms with Gasteiger partial charge >= 0.3 is 0 Å². The summed E-state index contributed by atoms with van der Waals surface area (Å²) in [6.45, 7) is 7.71. The molecule has 1 aliphatic carbocycles. The maximum Gasteiger partial charge on any atom is 0.138 e. The lowest BCUT2D eigenvalue weighted by molar-refractivity contribution is 0.180. The maximum absolute atomic E-state index is 5.27. The fourth-order valence-electron chi connectivity index (χ4n) is 4.26. The van der Waals surface area contributed by atoms with Gasteiger partial charge in [0.05, 0.1) is 6.67 Å². The van der Waals surface area contributed by atoms with Gasteiger partial charge in [0.15, 0.2) is 0 Å². The second-order valence-electron chi connectivity index (χ2n) is 7.74. The average Bonchev–Trinajstić information content (AvgIpc) is 3.04. The van der Waals surface area contributed by atoms with Crippen LogP contribution in [0.2, 0.25) is 0 Å². The van der Waals surface area contributed by atoms with Crippen molar-refractivity contribution >= 4 is 11.9 Å². The Bertz CT molecular complexity index is 406.